The fourth-order valence-electron chi connectivity index (χ4n) is 1.53. The molecule has 0 aliphatic rings. The number of hydrogen-bond donors (Lipinski definition) is 3. The van der Waals surface area contributed by atoms with Gasteiger partial charge in [0.1, 0.15) is 5.82 Å². The second kappa shape index (κ2) is 6.56. The number of carbonyl (C=O) groups is 2. The van der Waals surface area contributed by atoms with E-state index in [2.05, 4.69) is 10.6 Å². The van der Waals surface area contributed by atoms with Crippen LogP contribution < -0.4 is 10.6 Å². The molecule has 0 aromatic heterocycles. The molecule has 0 spiro atoms. The lowest BCUT2D eigenvalue weighted by molar-refractivity contribution is -0.137. The van der Waals surface area contributed by atoms with E-state index in [-0.39, 0.29) is 23.6 Å². The standard InChI is InChI=1S/C13H16ClFN2O3/c1-13(2,6-5-11(18)19)17-12(20)16-8-3-4-9(14)10(15)7-8/h3-4,7H,5-6H2,1-2H3,(H,18,19)(H2,16,17,20). The Morgan fingerprint density at radius 1 is 1.40 bits per heavy atom. The fourth-order valence-corrected chi connectivity index (χ4v) is 1.64. The molecular weight excluding hydrogens is 287 g/mol. The number of carbonyl (C=O) groups excluding carboxylic acids is 1. The Kier molecular flexibility index (Phi) is 5.33. The minimum absolute atomic E-state index is 0.0299. The van der Waals surface area contributed by atoms with Gasteiger partial charge in [0, 0.05) is 17.6 Å². The maximum atomic E-state index is 13.2. The lowest BCUT2D eigenvalue weighted by atomic mass is 9.99. The van der Waals surface area contributed by atoms with Crippen molar-refractivity contribution in [3.05, 3.63) is 29.0 Å². The predicted octanol–water partition coefficient (Wildman–Crippen LogP) is 3.24. The van der Waals surface area contributed by atoms with Crippen molar-refractivity contribution in [1.29, 1.82) is 0 Å². The molecule has 5 nitrogen and oxygen atoms in total. The van der Waals surface area contributed by atoms with E-state index < -0.39 is 23.4 Å². The van der Waals surface area contributed by atoms with Gasteiger partial charge in [-0.2, -0.15) is 0 Å². The third kappa shape index (κ3) is 5.44. The minimum Gasteiger partial charge on any atom is -0.481 e. The summed E-state index contributed by atoms with van der Waals surface area (Å²) < 4.78 is 13.2. The first kappa shape index (κ1) is 16.2. The third-order valence-electron chi connectivity index (χ3n) is 2.59. The molecule has 1 rings (SSSR count). The molecular formula is C13H16ClFN2O3. The van der Waals surface area contributed by atoms with Crippen LogP contribution in [0.5, 0.6) is 0 Å². The second-order valence-electron chi connectivity index (χ2n) is 4.99. The molecule has 2 amide bonds. The number of hydrogen-bond acceptors (Lipinski definition) is 2. The summed E-state index contributed by atoms with van der Waals surface area (Å²) >= 11 is 5.54. The number of rotatable bonds is 5. The van der Waals surface area contributed by atoms with Crippen molar-refractivity contribution in [3.63, 3.8) is 0 Å². The van der Waals surface area contributed by atoms with Gasteiger partial charge in [0.05, 0.1) is 5.02 Å². The Balaban J connectivity index is 2.58. The van der Waals surface area contributed by atoms with Crippen molar-refractivity contribution in [2.75, 3.05) is 5.32 Å². The highest BCUT2D eigenvalue weighted by atomic mass is 35.5. The van der Waals surface area contributed by atoms with Gasteiger partial charge in [0.2, 0.25) is 0 Å². The lowest BCUT2D eigenvalue weighted by Crippen LogP contribution is -2.45. The molecule has 3 N–H and O–H groups in total. The summed E-state index contributed by atoms with van der Waals surface area (Å²) in [6.07, 6.45) is 0.230. The Hall–Kier alpha value is -1.82. The van der Waals surface area contributed by atoms with E-state index in [1.54, 1.807) is 13.8 Å². The SMILES string of the molecule is CC(C)(CCC(=O)O)NC(=O)Nc1ccc(Cl)c(F)c1. The first-order chi connectivity index (χ1) is 9.19. The maximum Gasteiger partial charge on any atom is 0.319 e. The number of amides is 2. The van der Waals surface area contributed by atoms with Gasteiger partial charge in [-0.05, 0) is 38.5 Å². The smallest absolute Gasteiger partial charge is 0.319 e. The zero-order valence-corrected chi connectivity index (χ0v) is 11.9. The Labute approximate surface area is 121 Å². The molecule has 0 aliphatic heterocycles. The Morgan fingerprint density at radius 3 is 2.60 bits per heavy atom. The number of carboxylic acids is 1. The first-order valence-corrected chi connectivity index (χ1v) is 6.33. The topological polar surface area (TPSA) is 78.4 Å². The molecule has 0 aliphatic carbocycles. The Bertz CT molecular complexity index is 520. The summed E-state index contributed by atoms with van der Waals surface area (Å²) in [6, 6.07) is 3.37. The highest BCUT2D eigenvalue weighted by molar-refractivity contribution is 6.30. The van der Waals surface area contributed by atoms with E-state index in [0.717, 1.165) is 6.07 Å². The van der Waals surface area contributed by atoms with Crippen LogP contribution in [0.1, 0.15) is 26.7 Å². The summed E-state index contributed by atoms with van der Waals surface area (Å²) in [6.45, 7) is 3.41. The highest BCUT2D eigenvalue weighted by Gasteiger charge is 2.21. The van der Waals surface area contributed by atoms with Gasteiger partial charge >= 0.3 is 12.0 Å². The molecule has 7 heteroatoms. The molecule has 0 bridgehead atoms. The lowest BCUT2D eigenvalue weighted by Gasteiger charge is -2.25. The normalized spacial score (nSPS) is 11.0. The van der Waals surface area contributed by atoms with Gasteiger partial charge in [-0.3, -0.25) is 4.79 Å². The van der Waals surface area contributed by atoms with E-state index in [1.165, 1.54) is 12.1 Å². The minimum atomic E-state index is -0.931. The number of aliphatic carboxylic acids is 1. The van der Waals surface area contributed by atoms with Crippen LogP contribution in [0.4, 0.5) is 14.9 Å². The molecule has 110 valence electrons. The van der Waals surface area contributed by atoms with Crippen molar-refractivity contribution < 1.29 is 19.1 Å². The average molecular weight is 303 g/mol. The molecule has 1 aromatic carbocycles. The van der Waals surface area contributed by atoms with Crippen LogP contribution in [-0.4, -0.2) is 22.6 Å². The fraction of sp³-hybridized carbons (Fsp3) is 0.385. The molecule has 0 fully saturated rings. The largest absolute Gasteiger partial charge is 0.481 e. The summed E-state index contributed by atoms with van der Waals surface area (Å²) in [5.74, 6) is -1.56. The van der Waals surface area contributed by atoms with Crippen molar-refractivity contribution in [1.82, 2.24) is 5.32 Å². The molecule has 0 radical (unpaired) electrons. The third-order valence-corrected chi connectivity index (χ3v) is 2.90. The van der Waals surface area contributed by atoms with Crippen molar-refractivity contribution in [3.8, 4) is 0 Å². The number of urea groups is 1. The first-order valence-electron chi connectivity index (χ1n) is 5.95. The number of nitrogens with one attached hydrogen (secondary N) is 2. The van der Waals surface area contributed by atoms with Crippen molar-refractivity contribution in [2.45, 2.75) is 32.2 Å². The summed E-state index contributed by atoms with van der Waals surface area (Å²) in [5, 5.41) is 13.7. The van der Waals surface area contributed by atoms with Gasteiger partial charge in [-0.25, -0.2) is 9.18 Å². The molecule has 1 aromatic rings. The number of halogens is 2. The predicted molar refractivity (Wildman–Crippen MR) is 74.5 cm³/mol. The summed E-state index contributed by atoms with van der Waals surface area (Å²) in [5.41, 5.74) is -0.425. The molecule has 0 heterocycles. The van der Waals surface area contributed by atoms with Gasteiger partial charge in [-0.1, -0.05) is 11.6 Å². The second-order valence-corrected chi connectivity index (χ2v) is 5.39. The van der Waals surface area contributed by atoms with Gasteiger partial charge in [-0.15, -0.1) is 0 Å². The van der Waals surface area contributed by atoms with Crippen LogP contribution in [0.15, 0.2) is 18.2 Å². The van der Waals surface area contributed by atoms with Crippen LogP contribution in [0.2, 0.25) is 5.02 Å². The molecule has 0 saturated carbocycles. The van der Waals surface area contributed by atoms with E-state index in [9.17, 15) is 14.0 Å². The zero-order chi connectivity index (χ0) is 15.3. The number of anilines is 1. The molecule has 20 heavy (non-hydrogen) atoms. The van der Waals surface area contributed by atoms with Gasteiger partial charge in [0.25, 0.3) is 0 Å². The quantitative estimate of drug-likeness (QED) is 0.781. The number of benzene rings is 1. The summed E-state index contributed by atoms with van der Waals surface area (Å²) in [4.78, 5) is 22.3. The van der Waals surface area contributed by atoms with E-state index in [1.807, 2.05) is 0 Å². The van der Waals surface area contributed by atoms with Crippen molar-refractivity contribution in [2.24, 2.45) is 0 Å². The Morgan fingerprint density at radius 2 is 2.05 bits per heavy atom. The highest BCUT2D eigenvalue weighted by Crippen LogP contribution is 2.19. The molecule has 0 unspecified atom stereocenters. The van der Waals surface area contributed by atoms with E-state index >= 15 is 0 Å². The van der Waals surface area contributed by atoms with Crippen LogP contribution in [0.3, 0.4) is 0 Å². The maximum absolute atomic E-state index is 13.2. The molecule has 0 atom stereocenters. The van der Waals surface area contributed by atoms with E-state index in [0.29, 0.717) is 0 Å². The van der Waals surface area contributed by atoms with Gasteiger partial charge in [0.15, 0.2) is 0 Å². The van der Waals surface area contributed by atoms with E-state index in [4.69, 9.17) is 16.7 Å². The summed E-state index contributed by atoms with van der Waals surface area (Å²) in [7, 11) is 0. The van der Waals surface area contributed by atoms with Crippen molar-refractivity contribution >= 4 is 29.3 Å². The van der Waals surface area contributed by atoms with Crippen LogP contribution in [-0.2, 0) is 4.79 Å². The monoisotopic (exact) mass is 302 g/mol. The number of carboxylic acid groups (broad SMARTS) is 1. The van der Waals surface area contributed by atoms with Gasteiger partial charge < -0.3 is 15.7 Å². The van der Waals surface area contributed by atoms with Crippen LogP contribution >= 0.6 is 11.6 Å². The van der Waals surface area contributed by atoms with Crippen LogP contribution in [0.25, 0.3) is 0 Å². The zero-order valence-electron chi connectivity index (χ0n) is 11.2. The molecule has 0 saturated heterocycles. The average Bonchev–Trinajstić information content (AvgIpc) is 2.31. The van der Waals surface area contributed by atoms with Crippen LogP contribution in [0, 0.1) is 5.82 Å².